The molecular weight excluding hydrogens is 292 g/mol. The summed E-state index contributed by atoms with van der Waals surface area (Å²) in [5.41, 5.74) is 5.24. The summed E-state index contributed by atoms with van der Waals surface area (Å²) in [6, 6.07) is 2.06. The van der Waals surface area contributed by atoms with E-state index in [-0.39, 0.29) is 23.9 Å². The van der Waals surface area contributed by atoms with Crippen LogP contribution in [0.2, 0.25) is 0 Å². The van der Waals surface area contributed by atoms with E-state index < -0.39 is 23.8 Å². The van der Waals surface area contributed by atoms with Crippen LogP contribution in [0.25, 0.3) is 0 Å². The van der Waals surface area contributed by atoms with Gasteiger partial charge in [0.15, 0.2) is 5.76 Å². The van der Waals surface area contributed by atoms with E-state index in [0.29, 0.717) is 13.2 Å². The molecule has 2 rings (SSSR count). The van der Waals surface area contributed by atoms with Gasteiger partial charge in [-0.1, -0.05) is 0 Å². The number of carbonyl (C=O) groups excluding carboxylic acids is 2. The molecule has 8 nitrogen and oxygen atoms in total. The lowest BCUT2D eigenvalue weighted by Gasteiger charge is -2.30. The second-order valence-electron chi connectivity index (χ2n) is 5.17. The van der Waals surface area contributed by atoms with E-state index >= 15 is 0 Å². The third-order valence-corrected chi connectivity index (χ3v) is 3.61. The molecule has 1 fully saturated rings. The molecule has 2 heterocycles. The Morgan fingerprint density at radius 3 is 2.45 bits per heavy atom. The van der Waals surface area contributed by atoms with Gasteiger partial charge in [-0.25, -0.2) is 4.79 Å². The van der Waals surface area contributed by atoms with Crippen LogP contribution in [0.1, 0.15) is 40.4 Å². The molecule has 8 heteroatoms. The van der Waals surface area contributed by atoms with Gasteiger partial charge in [-0.05, 0) is 30.9 Å². The number of amides is 2. The maximum absolute atomic E-state index is 12.1. The van der Waals surface area contributed by atoms with Crippen LogP contribution < -0.4 is 11.1 Å². The molecule has 0 saturated carbocycles. The van der Waals surface area contributed by atoms with Gasteiger partial charge < -0.3 is 25.3 Å². The first-order chi connectivity index (χ1) is 10.5. The van der Waals surface area contributed by atoms with Crippen LogP contribution in [-0.4, -0.2) is 42.1 Å². The van der Waals surface area contributed by atoms with E-state index in [1.807, 2.05) is 0 Å². The fraction of sp³-hybridized carbons (Fsp3) is 0.500. The number of carboxylic acids is 1. The summed E-state index contributed by atoms with van der Waals surface area (Å²) in [5, 5.41) is 11.5. The standard InChI is InChI=1S/C14H18N2O6/c15-12(17)7-9(8-3-5-21-6-4-8)16-13(18)10-1-2-11(22-10)14(19)20/h1-2,8-9H,3-7H2,(H2,15,17)(H,16,18)(H,19,20). The monoisotopic (exact) mass is 310 g/mol. The van der Waals surface area contributed by atoms with E-state index in [9.17, 15) is 14.4 Å². The fourth-order valence-electron chi connectivity index (χ4n) is 2.48. The van der Waals surface area contributed by atoms with E-state index in [2.05, 4.69) is 5.32 Å². The molecule has 2 amide bonds. The Labute approximate surface area is 126 Å². The minimum atomic E-state index is -1.25. The van der Waals surface area contributed by atoms with E-state index in [4.69, 9.17) is 20.0 Å². The summed E-state index contributed by atoms with van der Waals surface area (Å²) < 4.78 is 10.2. The Bertz CT molecular complexity index is 561. The molecule has 1 unspecified atom stereocenters. The highest BCUT2D eigenvalue weighted by atomic mass is 16.5. The number of hydrogen-bond donors (Lipinski definition) is 3. The molecule has 0 aliphatic carbocycles. The van der Waals surface area contributed by atoms with Crippen LogP contribution in [0, 0.1) is 5.92 Å². The van der Waals surface area contributed by atoms with E-state index in [0.717, 1.165) is 12.8 Å². The molecule has 1 aliphatic rings. The van der Waals surface area contributed by atoms with Crippen LogP contribution >= 0.6 is 0 Å². The Morgan fingerprint density at radius 2 is 1.91 bits per heavy atom. The highest BCUT2D eigenvalue weighted by Crippen LogP contribution is 2.21. The number of primary amides is 1. The van der Waals surface area contributed by atoms with E-state index in [1.54, 1.807) is 0 Å². The maximum Gasteiger partial charge on any atom is 0.371 e. The van der Waals surface area contributed by atoms with Gasteiger partial charge in [0.2, 0.25) is 11.7 Å². The summed E-state index contributed by atoms with van der Waals surface area (Å²) in [4.78, 5) is 34.1. The third-order valence-electron chi connectivity index (χ3n) is 3.61. The Morgan fingerprint density at radius 1 is 1.27 bits per heavy atom. The predicted molar refractivity (Wildman–Crippen MR) is 74.3 cm³/mol. The number of nitrogens with one attached hydrogen (secondary N) is 1. The van der Waals surface area contributed by atoms with Gasteiger partial charge in [-0.15, -0.1) is 0 Å². The molecular formula is C14H18N2O6. The molecule has 0 bridgehead atoms. The minimum absolute atomic E-state index is 0.0168. The Kier molecular flexibility index (Phi) is 5.16. The largest absolute Gasteiger partial charge is 0.475 e. The van der Waals surface area contributed by atoms with Crippen LogP contribution in [0.4, 0.5) is 0 Å². The highest BCUT2D eigenvalue weighted by molar-refractivity contribution is 5.94. The molecule has 1 atom stereocenters. The zero-order valence-electron chi connectivity index (χ0n) is 11.9. The number of hydrogen-bond acceptors (Lipinski definition) is 5. The predicted octanol–water partition coefficient (Wildman–Crippen LogP) is 0.378. The number of nitrogens with two attached hydrogens (primary N) is 1. The number of ether oxygens (including phenoxy) is 1. The maximum atomic E-state index is 12.1. The van der Waals surface area contributed by atoms with Crippen molar-refractivity contribution in [2.45, 2.75) is 25.3 Å². The van der Waals surface area contributed by atoms with Crippen LogP contribution in [0.3, 0.4) is 0 Å². The van der Waals surface area contributed by atoms with Gasteiger partial charge >= 0.3 is 5.97 Å². The summed E-state index contributed by atoms with van der Waals surface area (Å²) in [6.07, 6.45) is 1.45. The third kappa shape index (κ3) is 4.08. The zero-order chi connectivity index (χ0) is 16.1. The summed E-state index contributed by atoms with van der Waals surface area (Å²) in [5.74, 6) is -2.68. The Hall–Kier alpha value is -2.35. The van der Waals surface area contributed by atoms with Gasteiger partial charge in [0.25, 0.3) is 5.91 Å². The molecule has 0 spiro atoms. The van der Waals surface area contributed by atoms with Crippen molar-refractivity contribution in [3.8, 4) is 0 Å². The lowest BCUT2D eigenvalue weighted by molar-refractivity contribution is -0.118. The van der Waals surface area contributed by atoms with Gasteiger partial charge in [-0.2, -0.15) is 0 Å². The van der Waals surface area contributed by atoms with Crippen molar-refractivity contribution in [2.75, 3.05) is 13.2 Å². The molecule has 22 heavy (non-hydrogen) atoms. The highest BCUT2D eigenvalue weighted by Gasteiger charge is 2.28. The van der Waals surface area contributed by atoms with Crippen molar-refractivity contribution in [1.82, 2.24) is 5.32 Å². The van der Waals surface area contributed by atoms with Crippen LogP contribution in [0.5, 0.6) is 0 Å². The number of carbonyl (C=O) groups is 3. The molecule has 1 aromatic rings. The van der Waals surface area contributed by atoms with Gasteiger partial charge in [0, 0.05) is 25.7 Å². The first-order valence-electron chi connectivity index (χ1n) is 6.97. The molecule has 0 radical (unpaired) electrons. The Balaban J connectivity index is 2.05. The number of furan rings is 1. The van der Waals surface area contributed by atoms with Gasteiger partial charge in [0.05, 0.1) is 0 Å². The molecule has 4 N–H and O–H groups in total. The van der Waals surface area contributed by atoms with Gasteiger partial charge in [-0.3, -0.25) is 9.59 Å². The number of rotatable bonds is 6. The number of carboxylic acid groups (broad SMARTS) is 1. The normalized spacial score (nSPS) is 16.9. The number of aromatic carboxylic acids is 1. The van der Waals surface area contributed by atoms with Crippen molar-refractivity contribution in [3.63, 3.8) is 0 Å². The fourth-order valence-corrected chi connectivity index (χ4v) is 2.48. The first-order valence-corrected chi connectivity index (χ1v) is 6.97. The zero-order valence-corrected chi connectivity index (χ0v) is 11.9. The van der Waals surface area contributed by atoms with Crippen molar-refractivity contribution < 1.29 is 28.6 Å². The van der Waals surface area contributed by atoms with E-state index in [1.165, 1.54) is 12.1 Å². The first kappa shape index (κ1) is 16.0. The molecule has 1 saturated heterocycles. The lowest BCUT2D eigenvalue weighted by atomic mass is 9.89. The summed E-state index contributed by atoms with van der Waals surface area (Å²) in [7, 11) is 0. The lowest BCUT2D eigenvalue weighted by Crippen LogP contribution is -2.44. The minimum Gasteiger partial charge on any atom is -0.475 e. The molecule has 1 aliphatic heterocycles. The van der Waals surface area contributed by atoms with Crippen LogP contribution in [-0.2, 0) is 9.53 Å². The quantitative estimate of drug-likeness (QED) is 0.696. The second-order valence-corrected chi connectivity index (χ2v) is 5.17. The van der Waals surface area contributed by atoms with Crippen molar-refractivity contribution in [1.29, 1.82) is 0 Å². The average Bonchev–Trinajstić information content (AvgIpc) is 2.97. The molecule has 120 valence electrons. The summed E-state index contributed by atoms with van der Waals surface area (Å²) in [6.45, 7) is 1.14. The van der Waals surface area contributed by atoms with Crippen molar-refractivity contribution >= 4 is 17.8 Å². The second kappa shape index (κ2) is 7.08. The SMILES string of the molecule is NC(=O)CC(NC(=O)c1ccc(C(=O)O)o1)C1CCOCC1. The molecule has 0 aromatic carbocycles. The smallest absolute Gasteiger partial charge is 0.371 e. The van der Waals surface area contributed by atoms with Gasteiger partial charge in [0.1, 0.15) is 0 Å². The topological polar surface area (TPSA) is 132 Å². The average molecular weight is 310 g/mol. The summed E-state index contributed by atoms with van der Waals surface area (Å²) >= 11 is 0. The van der Waals surface area contributed by atoms with Crippen molar-refractivity contribution in [2.24, 2.45) is 11.7 Å². The van der Waals surface area contributed by atoms with Crippen molar-refractivity contribution in [3.05, 3.63) is 23.7 Å². The van der Waals surface area contributed by atoms with Crippen LogP contribution in [0.15, 0.2) is 16.5 Å². The molecule has 1 aromatic heterocycles.